The van der Waals surface area contributed by atoms with Gasteiger partial charge in [0, 0.05) is 0 Å². The molecule has 2 aliphatic rings. The topological polar surface area (TPSA) is 81.3 Å². The second-order valence-electron chi connectivity index (χ2n) is 7.37. The van der Waals surface area contributed by atoms with Crippen LogP contribution >= 0.6 is 0 Å². The average molecular weight is 405 g/mol. The number of furan rings is 1. The van der Waals surface area contributed by atoms with Crippen molar-refractivity contribution in [2.24, 2.45) is 0 Å². The quantitative estimate of drug-likeness (QED) is 0.739. The summed E-state index contributed by atoms with van der Waals surface area (Å²) in [4.78, 5) is 13.1. The smallest absolute Gasteiger partial charge is 0.373 e. The normalized spacial score (nSPS) is 18.2. The van der Waals surface area contributed by atoms with Gasteiger partial charge in [0.05, 0.1) is 38.2 Å². The molecule has 2 heterocycles. The summed E-state index contributed by atoms with van der Waals surface area (Å²) >= 11 is 0. The van der Waals surface area contributed by atoms with Crippen LogP contribution in [0.5, 0.6) is 0 Å². The highest BCUT2D eigenvalue weighted by molar-refractivity contribution is 7.89. The first-order valence-electron chi connectivity index (χ1n) is 9.60. The zero-order valence-electron chi connectivity index (χ0n) is 15.9. The van der Waals surface area contributed by atoms with Crippen LogP contribution in [0.15, 0.2) is 39.6 Å². The van der Waals surface area contributed by atoms with Crippen molar-refractivity contribution in [3.63, 3.8) is 0 Å². The number of rotatable bonds is 5. The van der Waals surface area contributed by atoms with E-state index < -0.39 is 16.0 Å². The van der Waals surface area contributed by atoms with Crippen LogP contribution in [-0.2, 0) is 34.1 Å². The van der Waals surface area contributed by atoms with Crippen LogP contribution in [0.4, 0.5) is 0 Å². The molecule has 1 saturated heterocycles. The van der Waals surface area contributed by atoms with E-state index in [-0.39, 0.29) is 5.76 Å². The molecule has 0 saturated carbocycles. The van der Waals surface area contributed by atoms with Crippen molar-refractivity contribution < 1.29 is 27.3 Å². The molecular formula is C20H25N2O5S+. The van der Waals surface area contributed by atoms with Crippen LogP contribution in [-0.4, -0.2) is 52.0 Å². The van der Waals surface area contributed by atoms with E-state index in [1.54, 1.807) is 22.5 Å². The van der Waals surface area contributed by atoms with Gasteiger partial charge in [-0.3, -0.25) is 0 Å². The molecular weight excluding hydrogens is 380 g/mol. The third-order valence-electron chi connectivity index (χ3n) is 5.61. The number of hydrogen-bond donors (Lipinski definition) is 1. The van der Waals surface area contributed by atoms with E-state index in [0.717, 1.165) is 19.3 Å². The molecule has 2 aromatic rings. The van der Waals surface area contributed by atoms with E-state index in [2.05, 4.69) is 4.74 Å². The fourth-order valence-electron chi connectivity index (χ4n) is 4.01. The van der Waals surface area contributed by atoms with Crippen molar-refractivity contribution in [3.8, 4) is 0 Å². The Morgan fingerprint density at radius 1 is 1.14 bits per heavy atom. The summed E-state index contributed by atoms with van der Waals surface area (Å²) in [5.41, 5.74) is 2.45. The minimum absolute atomic E-state index is 0.190. The van der Waals surface area contributed by atoms with Gasteiger partial charge in [0.1, 0.15) is 6.54 Å². The van der Waals surface area contributed by atoms with Crippen molar-refractivity contribution in [3.05, 3.63) is 53.0 Å². The molecule has 1 aliphatic heterocycles. The highest BCUT2D eigenvalue weighted by Gasteiger charge is 2.31. The molecule has 28 heavy (non-hydrogen) atoms. The first-order valence-corrected chi connectivity index (χ1v) is 11.0. The summed E-state index contributed by atoms with van der Waals surface area (Å²) in [5.74, 6) is 0.395. The van der Waals surface area contributed by atoms with E-state index >= 15 is 0 Å². The van der Waals surface area contributed by atoms with Crippen molar-refractivity contribution in [1.29, 1.82) is 0 Å². The third-order valence-corrected chi connectivity index (χ3v) is 7.50. The Balaban J connectivity index is 1.38. The maximum atomic E-state index is 13.0. The second kappa shape index (κ2) is 7.69. The van der Waals surface area contributed by atoms with E-state index in [9.17, 15) is 13.2 Å². The molecule has 1 aliphatic carbocycles. The number of carbonyl (C=O) groups is 1. The van der Waals surface area contributed by atoms with Gasteiger partial charge in [-0.05, 0) is 54.7 Å². The van der Waals surface area contributed by atoms with Crippen molar-refractivity contribution in [1.82, 2.24) is 4.31 Å². The Labute approximate surface area is 164 Å². The highest BCUT2D eigenvalue weighted by Crippen LogP contribution is 2.26. The fourth-order valence-corrected chi connectivity index (χ4v) is 5.50. The molecule has 7 nitrogen and oxygen atoms in total. The molecule has 1 aromatic heterocycles. The Bertz CT molecular complexity index is 974. The van der Waals surface area contributed by atoms with Gasteiger partial charge in [-0.1, -0.05) is 6.07 Å². The van der Waals surface area contributed by atoms with E-state index in [1.807, 2.05) is 12.1 Å². The van der Waals surface area contributed by atoms with Crippen LogP contribution in [0, 0.1) is 0 Å². The summed E-state index contributed by atoms with van der Waals surface area (Å²) in [6, 6.07) is 8.94. The maximum absolute atomic E-state index is 13.0. The number of methoxy groups -OCH3 is 1. The highest BCUT2D eigenvalue weighted by atomic mass is 32.2. The van der Waals surface area contributed by atoms with Crippen LogP contribution in [0.1, 0.15) is 33.9 Å². The van der Waals surface area contributed by atoms with Gasteiger partial charge in [-0.2, -0.15) is 4.31 Å². The Morgan fingerprint density at radius 3 is 2.64 bits per heavy atom. The Morgan fingerprint density at radius 2 is 1.89 bits per heavy atom. The van der Waals surface area contributed by atoms with Crippen molar-refractivity contribution in [2.75, 3.05) is 33.3 Å². The lowest BCUT2D eigenvalue weighted by molar-refractivity contribution is -0.918. The minimum Gasteiger partial charge on any atom is -0.463 e. The lowest BCUT2D eigenvalue weighted by atomic mass is 10.1. The predicted molar refractivity (Wildman–Crippen MR) is 102 cm³/mol. The standard InChI is InChI=1S/C20H24N2O5S/c1-26-20(23)19-8-6-17(27-19)14-21-9-11-22(12-10-21)28(24,25)18-7-5-15-3-2-4-16(15)13-18/h5-8,13H,2-4,9-12,14H2,1H3/p+1. The number of sulfonamides is 1. The predicted octanol–water partition coefficient (Wildman–Crippen LogP) is 0.644. The molecule has 8 heteroatoms. The number of hydrogen-bond acceptors (Lipinski definition) is 5. The molecule has 1 fully saturated rings. The number of ether oxygens (including phenoxy) is 1. The second-order valence-corrected chi connectivity index (χ2v) is 9.31. The first-order chi connectivity index (χ1) is 13.5. The summed E-state index contributed by atoms with van der Waals surface area (Å²) in [7, 11) is -2.14. The van der Waals surface area contributed by atoms with Crippen LogP contribution in [0.2, 0.25) is 0 Å². The molecule has 0 bridgehead atoms. The number of quaternary nitrogens is 1. The molecule has 0 radical (unpaired) electrons. The van der Waals surface area contributed by atoms with Gasteiger partial charge >= 0.3 is 5.97 Å². The molecule has 0 atom stereocenters. The molecule has 0 unspecified atom stereocenters. The summed E-state index contributed by atoms with van der Waals surface area (Å²) < 4.78 is 37.8. The fraction of sp³-hybridized carbons (Fsp3) is 0.450. The molecule has 0 amide bonds. The van der Waals surface area contributed by atoms with Crippen LogP contribution in [0.25, 0.3) is 0 Å². The number of carbonyl (C=O) groups excluding carboxylic acids is 1. The van der Waals surface area contributed by atoms with Gasteiger partial charge in [0.15, 0.2) is 5.76 Å². The summed E-state index contributed by atoms with van der Waals surface area (Å²) in [6.45, 7) is 2.94. The summed E-state index contributed by atoms with van der Waals surface area (Å²) in [6.07, 6.45) is 3.11. The Kier molecular flexibility index (Phi) is 5.27. The molecule has 1 N–H and O–H groups in total. The molecule has 4 rings (SSSR count). The van der Waals surface area contributed by atoms with E-state index in [4.69, 9.17) is 4.42 Å². The minimum atomic E-state index is -3.46. The number of piperazine rings is 1. The number of esters is 1. The number of nitrogens with one attached hydrogen (secondary N) is 1. The van der Waals surface area contributed by atoms with E-state index in [0.29, 0.717) is 43.4 Å². The van der Waals surface area contributed by atoms with Crippen LogP contribution in [0.3, 0.4) is 0 Å². The van der Waals surface area contributed by atoms with Gasteiger partial charge < -0.3 is 14.1 Å². The van der Waals surface area contributed by atoms with Crippen molar-refractivity contribution in [2.45, 2.75) is 30.7 Å². The third kappa shape index (κ3) is 3.72. The number of fused-ring (bicyclic) bond motifs is 1. The zero-order chi connectivity index (χ0) is 19.7. The number of aryl methyl sites for hydroxylation is 2. The van der Waals surface area contributed by atoms with Gasteiger partial charge in [-0.25, -0.2) is 13.2 Å². The van der Waals surface area contributed by atoms with Gasteiger partial charge in [0.25, 0.3) is 0 Å². The average Bonchev–Trinajstić information content (AvgIpc) is 3.36. The summed E-state index contributed by atoms with van der Waals surface area (Å²) in [5, 5.41) is 0. The van der Waals surface area contributed by atoms with Gasteiger partial charge in [-0.15, -0.1) is 0 Å². The van der Waals surface area contributed by atoms with Crippen molar-refractivity contribution >= 4 is 16.0 Å². The monoisotopic (exact) mass is 405 g/mol. The lowest BCUT2D eigenvalue weighted by Crippen LogP contribution is -3.13. The SMILES string of the molecule is COC(=O)c1ccc(C[NH+]2CCN(S(=O)(=O)c3ccc4c(c3)CCC4)CC2)o1. The number of nitrogens with zero attached hydrogens (tertiary/aromatic N) is 1. The molecule has 0 spiro atoms. The lowest BCUT2D eigenvalue weighted by Gasteiger charge is -2.31. The zero-order valence-corrected chi connectivity index (χ0v) is 16.8. The van der Waals surface area contributed by atoms with Gasteiger partial charge in [0.2, 0.25) is 15.8 Å². The first kappa shape index (κ1) is 19.2. The Hall–Kier alpha value is -2.16. The number of benzene rings is 1. The van der Waals surface area contributed by atoms with Crippen LogP contribution < -0.4 is 4.90 Å². The molecule has 150 valence electrons. The largest absolute Gasteiger partial charge is 0.463 e. The molecule has 1 aromatic carbocycles. The van der Waals surface area contributed by atoms with E-state index in [1.165, 1.54) is 23.1 Å². The maximum Gasteiger partial charge on any atom is 0.373 e.